The maximum atomic E-state index is 12.9. The predicted molar refractivity (Wildman–Crippen MR) is 83.6 cm³/mol. The molecule has 1 heterocycles. The smallest absolute Gasteiger partial charge is 0.251 e. The van der Waals surface area contributed by atoms with Gasteiger partial charge in [-0.05, 0) is 48.9 Å². The molecule has 0 aliphatic carbocycles. The second kappa shape index (κ2) is 6.39. The fourth-order valence-electron chi connectivity index (χ4n) is 2.22. The summed E-state index contributed by atoms with van der Waals surface area (Å²) in [4.78, 5) is 16.0. The molecule has 3 rings (SSSR count). The highest BCUT2D eigenvalue weighted by molar-refractivity contribution is 5.94. The molecule has 0 aliphatic rings. The first kappa shape index (κ1) is 14.9. The monoisotopic (exact) mass is 310 g/mol. The average molecular weight is 310 g/mol. The summed E-state index contributed by atoms with van der Waals surface area (Å²) >= 11 is 0. The van der Waals surface area contributed by atoms with E-state index in [4.69, 9.17) is 0 Å². The number of amides is 1. The molecule has 23 heavy (non-hydrogen) atoms. The second-order valence-corrected chi connectivity index (χ2v) is 5.13. The summed E-state index contributed by atoms with van der Waals surface area (Å²) in [6, 6.07) is 13.0. The lowest BCUT2D eigenvalue weighted by Gasteiger charge is -2.15. The fraction of sp³-hybridized carbons (Fsp3) is 0.118. The van der Waals surface area contributed by atoms with E-state index >= 15 is 0 Å². The maximum absolute atomic E-state index is 12.9. The van der Waals surface area contributed by atoms with E-state index in [0.29, 0.717) is 5.56 Å². The summed E-state index contributed by atoms with van der Waals surface area (Å²) in [5, 5.41) is 6.95. The maximum Gasteiger partial charge on any atom is 0.251 e. The van der Waals surface area contributed by atoms with Gasteiger partial charge in [-0.2, -0.15) is 5.10 Å². The van der Waals surface area contributed by atoms with Crippen molar-refractivity contribution < 1.29 is 9.18 Å². The highest BCUT2D eigenvalue weighted by Gasteiger charge is 2.11. The predicted octanol–water partition coefficient (Wildman–Crippen LogP) is 2.90. The number of benzene rings is 2. The van der Waals surface area contributed by atoms with Gasteiger partial charge < -0.3 is 5.32 Å². The summed E-state index contributed by atoms with van der Waals surface area (Å²) in [7, 11) is 0. The Labute approximate surface area is 132 Å². The van der Waals surface area contributed by atoms with Crippen LogP contribution in [0.1, 0.15) is 28.9 Å². The van der Waals surface area contributed by atoms with Gasteiger partial charge in [0.1, 0.15) is 18.5 Å². The van der Waals surface area contributed by atoms with Crippen molar-refractivity contribution in [3.05, 3.63) is 78.1 Å². The first-order chi connectivity index (χ1) is 11.1. The van der Waals surface area contributed by atoms with Gasteiger partial charge in [-0.15, -0.1) is 0 Å². The largest absolute Gasteiger partial charge is 0.346 e. The Balaban J connectivity index is 1.69. The number of carbonyl (C=O) groups excluding carboxylic acids is 1. The minimum atomic E-state index is -0.363. The van der Waals surface area contributed by atoms with Gasteiger partial charge in [0.25, 0.3) is 5.91 Å². The van der Waals surface area contributed by atoms with Gasteiger partial charge in [0.2, 0.25) is 0 Å². The first-order valence-corrected chi connectivity index (χ1v) is 7.15. The van der Waals surface area contributed by atoms with Gasteiger partial charge in [0, 0.05) is 5.56 Å². The molecule has 0 aliphatic heterocycles. The van der Waals surface area contributed by atoms with Gasteiger partial charge in [-0.1, -0.05) is 12.1 Å². The Morgan fingerprint density at radius 2 is 1.83 bits per heavy atom. The van der Waals surface area contributed by atoms with E-state index in [1.54, 1.807) is 11.0 Å². The van der Waals surface area contributed by atoms with E-state index in [9.17, 15) is 9.18 Å². The highest BCUT2D eigenvalue weighted by Crippen LogP contribution is 2.16. The van der Waals surface area contributed by atoms with Crippen LogP contribution in [-0.2, 0) is 0 Å². The highest BCUT2D eigenvalue weighted by atomic mass is 19.1. The van der Waals surface area contributed by atoms with Gasteiger partial charge in [0.15, 0.2) is 0 Å². The molecule has 0 radical (unpaired) electrons. The van der Waals surface area contributed by atoms with Crippen LogP contribution < -0.4 is 5.32 Å². The van der Waals surface area contributed by atoms with Gasteiger partial charge in [-0.3, -0.25) is 4.79 Å². The van der Waals surface area contributed by atoms with Crippen molar-refractivity contribution >= 4 is 5.91 Å². The summed E-state index contributed by atoms with van der Waals surface area (Å²) < 4.78 is 14.5. The van der Waals surface area contributed by atoms with E-state index in [1.807, 2.05) is 31.2 Å². The molecule has 3 aromatic rings. The second-order valence-electron chi connectivity index (χ2n) is 5.13. The molecule has 1 amide bonds. The van der Waals surface area contributed by atoms with Crippen LogP contribution in [0.3, 0.4) is 0 Å². The summed E-state index contributed by atoms with van der Waals surface area (Å²) in [6.45, 7) is 1.89. The molecular formula is C17H15FN4O. The number of halogens is 1. The Kier molecular flexibility index (Phi) is 4.14. The van der Waals surface area contributed by atoms with Crippen LogP contribution in [0.5, 0.6) is 0 Å². The zero-order valence-corrected chi connectivity index (χ0v) is 12.5. The molecule has 5 nitrogen and oxygen atoms in total. The number of nitrogens with one attached hydrogen (secondary N) is 1. The molecule has 1 aromatic heterocycles. The number of rotatable bonds is 4. The summed E-state index contributed by atoms with van der Waals surface area (Å²) in [5.74, 6) is -0.601. The average Bonchev–Trinajstić information content (AvgIpc) is 3.10. The van der Waals surface area contributed by atoms with E-state index in [0.717, 1.165) is 11.3 Å². The number of hydrogen-bond donors (Lipinski definition) is 1. The normalized spacial score (nSPS) is 11.9. The van der Waals surface area contributed by atoms with Crippen molar-refractivity contribution in [2.45, 2.75) is 13.0 Å². The molecule has 2 aromatic carbocycles. The quantitative estimate of drug-likeness (QED) is 0.806. The molecular weight excluding hydrogens is 295 g/mol. The Hall–Kier alpha value is -3.02. The van der Waals surface area contributed by atoms with Crippen LogP contribution in [0, 0.1) is 5.82 Å². The first-order valence-electron chi connectivity index (χ1n) is 7.15. The van der Waals surface area contributed by atoms with E-state index in [2.05, 4.69) is 15.4 Å². The van der Waals surface area contributed by atoms with E-state index in [-0.39, 0.29) is 17.8 Å². The van der Waals surface area contributed by atoms with Crippen LogP contribution >= 0.6 is 0 Å². The minimum absolute atomic E-state index is 0.169. The standard InChI is InChI=1S/C17H15FN4O/c1-12(21-17(23)14-2-6-15(18)7-3-14)13-4-8-16(9-5-13)22-11-19-10-20-22/h2-12H,1H3,(H,21,23)/t12-/m0/s1. The van der Waals surface area contributed by atoms with E-state index in [1.165, 1.54) is 30.6 Å². The molecule has 0 unspecified atom stereocenters. The molecule has 6 heteroatoms. The van der Waals surface area contributed by atoms with Gasteiger partial charge in [-0.25, -0.2) is 14.1 Å². The molecule has 1 atom stereocenters. The SMILES string of the molecule is C[C@H](NC(=O)c1ccc(F)cc1)c1ccc(-n2cncn2)cc1. The molecule has 0 saturated carbocycles. The van der Waals surface area contributed by atoms with Crippen molar-refractivity contribution in [3.8, 4) is 5.69 Å². The Morgan fingerprint density at radius 1 is 1.13 bits per heavy atom. The van der Waals surface area contributed by atoms with Crippen molar-refractivity contribution in [3.63, 3.8) is 0 Å². The topological polar surface area (TPSA) is 59.8 Å². The summed E-state index contributed by atoms with van der Waals surface area (Å²) in [5.41, 5.74) is 2.28. The lowest BCUT2D eigenvalue weighted by Crippen LogP contribution is -2.26. The van der Waals surface area contributed by atoms with Crippen LogP contribution in [0.2, 0.25) is 0 Å². The number of hydrogen-bond acceptors (Lipinski definition) is 3. The molecule has 116 valence electrons. The van der Waals surface area contributed by atoms with Gasteiger partial charge >= 0.3 is 0 Å². The van der Waals surface area contributed by atoms with Crippen LogP contribution in [0.4, 0.5) is 4.39 Å². The third-order valence-corrected chi connectivity index (χ3v) is 3.53. The van der Waals surface area contributed by atoms with E-state index < -0.39 is 0 Å². The Morgan fingerprint density at radius 3 is 2.43 bits per heavy atom. The third kappa shape index (κ3) is 3.42. The number of carbonyl (C=O) groups is 1. The summed E-state index contributed by atoms with van der Waals surface area (Å²) in [6.07, 6.45) is 3.09. The third-order valence-electron chi connectivity index (χ3n) is 3.53. The fourth-order valence-corrected chi connectivity index (χ4v) is 2.22. The number of nitrogens with zero attached hydrogens (tertiary/aromatic N) is 3. The lowest BCUT2D eigenvalue weighted by molar-refractivity contribution is 0.0940. The lowest BCUT2D eigenvalue weighted by atomic mass is 10.1. The van der Waals surface area contributed by atoms with Crippen LogP contribution in [0.15, 0.2) is 61.2 Å². The van der Waals surface area contributed by atoms with Crippen molar-refractivity contribution in [1.82, 2.24) is 20.1 Å². The molecule has 0 bridgehead atoms. The van der Waals surface area contributed by atoms with Gasteiger partial charge in [0.05, 0.1) is 11.7 Å². The van der Waals surface area contributed by atoms with Crippen LogP contribution in [-0.4, -0.2) is 20.7 Å². The number of aromatic nitrogens is 3. The zero-order valence-electron chi connectivity index (χ0n) is 12.5. The molecule has 0 spiro atoms. The molecule has 0 saturated heterocycles. The minimum Gasteiger partial charge on any atom is -0.346 e. The van der Waals surface area contributed by atoms with Crippen molar-refractivity contribution in [1.29, 1.82) is 0 Å². The molecule has 0 fully saturated rings. The van der Waals surface area contributed by atoms with Crippen LogP contribution in [0.25, 0.3) is 5.69 Å². The van der Waals surface area contributed by atoms with Crippen molar-refractivity contribution in [2.24, 2.45) is 0 Å². The molecule has 1 N–H and O–H groups in total. The Bertz CT molecular complexity index is 782. The van der Waals surface area contributed by atoms with Crippen molar-refractivity contribution in [2.75, 3.05) is 0 Å². The zero-order chi connectivity index (χ0) is 16.2.